The standard InChI is InChI=1S/C26H26FN5O5.ClH/c27-18-10-11-20(31-23(34)17-9-8-15-5-1-2-6-16(15)13-17)19(14-18)22(33)24(35)32-21(25(36)37)7-3-4-12-30-26(28)29;/h1-2,5-6,8-11,13-14,21H,3-4,7,12H2,(H,31,34)(H,32,35)(H,36,37)(H4,28,29,30);1H/t21-;/m0./s1. The number of halogens is 2. The molecule has 10 nitrogen and oxygen atoms in total. The number of nitrogens with two attached hydrogens (primary N) is 2. The van der Waals surface area contributed by atoms with Gasteiger partial charge in [-0.05, 0) is 60.4 Å². The molecule has 0 heterocycles. The second-order valence-corrected chi connectivity index (χ2v) is 8.20. The molecule has 2 amide bonds. The second-order valence-electron chi connectivity index (χ2n) is 8.20. The minimum absolute atomic E-state index is 0. The number of aliphatic carboxylic acids is 1. The number of ketones is 1. The molecule has 0 aliphatic rings. The lowest BCUT2D eigenvalue weighted by molar-refractivity contribution is -0.141. The van der Waals surface area contributed by atoms with Crippen LogP contribution in [0.5, 0.6) is 0 Å². The van der Waals surface area contributed by atoms with Gasteiger partial charge < -0.3 is 27.2 Å². The number of nitrogens with zero attached hydrogens (tertiary/aromatic N) is 1. The first-order chi connectivity index (χ1) is 17.7. The van der Waals surface area contributed by atoms with Gasteiger partial charge in [0, 0.05) is 12.1 Å². The highest BCUT2D eigenvalue weighted by molar-refractivity contribution is 6.44. The quantitative estimate of drug-likeness (QED) is 0.0811. The highest BCUT2D eigenvalue weighted by atomic mass is 35.5. The minimum Gasteiger partial charge on any atom is -0.480 e. The molecule has 38 heavy (non-hydrogen) atoms. The Morgan fingerprint density at radius 2 is 1.66 bits per heavy atom. The van der Waals surface area contributed by atoms with Crippen molar-refractivity contribution >= 4 is 58.4 Å². The van der Waals surface area contributed by atoms with Crippen molar-refractivity contribution in [2.24, 2.45) is 16.5 Å². The van der Waals surface area contributed by atoms with Crippen LogP contribution in [0.2, 0.25) is 0 Å². The van der Waals surface area contributed by atoms with E-state index in [-0.39, 0.29) is 42.6 Å². The molecule has 0 bridgehead atoms. The molecule has 0 aliphatic heterocycles. The summed E-state index contributed by atoms with van der Waals surface area (Å²) in [5, 5.41) is 15.9. The third kappa shape index (κ3) is 8.00. The number of fused-ring (bicyclic) bond motifs is 1. The van der Waals surface area contributed by atoms with E-state index in [1.807, 2.05) is 24.3 Å². The molecule has 0 fully saturated rings. The molecule has 3 rings (SSSR count). The van der Waals surface area contributed by atoms with Crippen LogP contribution in [-0.4, -0.2) is 47.2 Å². The predicted molar refractivity (Wildman–Crippen MR) is 144 cm³/mol. The van der Waals surface area contributed by atoms with Crippen LogP contribution >= 0.6 is 12.4 Å². The maximum Gasteiger partial charge on any atom is 0.326 e. The van der Waals surface area contributed by atoms with Crippen molar-refractivity contribution in [3.63, 3.8) is 0 Å². The molecule has 0 aromatic heterocycles. The van der Waals surface area contributed by atoms with E-state index in [0.717, 1.165) is 29.0 Å². The average molecular weight is 544 g/mol. The molecule has 3 aromatic carbocycles. The Balaban J connectivity index is 0.00000507. The van der Waals surface area contributed by atoms with E-state index in [4.69, 9.17) is 11.5 Å². The number of amides is 2. The van der Waals surface area contributed by atoms with Crippen molar-refractivity contribution in [3.05, 3.63) is 77.6 Å². The molecule has 3 aromatic rings. The number of guanidine groups is 1. The van der Waals surface area contributed by atoms with Crippen molar-refractivity contribution in [1.82, 2.24) is 5.32 Å². The van der Waals surface area contributed by atoms with Gasteiger partial charge in [-0.2, -0.15) is 0 Å². The van der Waals surface area contributed by atoms with Gasteiger partial charge in [0.2, 0.25) is 0 Å². The van der Waals surface area contributed by atoms with Gasteiger partial charge in [-0.1, -0.05) is 30.3 Å². The summed E-state index contributed by atoms with van der Waals surface area (Å²) in [6.07, 6.45) is 0.832. The van der Waals surface area contributed by atoms with Gasteiger partial charge in [0.15, 0.2) is 5.96 Å². The number of anilines is 1. The number of benzene rings is 3. The van der Waals surface area contributed by atoms with E-state index in [2.05, 4.69) is 15.6 Å². The van der Waals surface area contributed by atoms with E-state index in [9.17, 15) is 28.7 Å². The Morgan fingerprint density at radius 3 is 2.34 bits per heavy atom. The van der Waals surface area contributed by atoms with Gasteiger partial charge in [0.1, 0.15) is 11.9 Å². The number of unbranched alkanes of at least 4 members (excludes halogenated alkanes) is 1. The van der Waals surface area contributed by atoms with Crippen LogP contribution in [0.4, 0.5) is 10.1 Å². The molecule has 200 valence electrons. The van der Waals surface area contributed by atoms with Crippen LogP contribution in [0, 0.1) is 5.82 Å². The van der Waals surface area contributed by atoms with Crippen LogP contribution in [0.25, 0.3) is 10.8 Å². The van der Waals surface area contributed by atoms with Crippen molar-refractivity contribution in [2.45, 2.75) is 25.3 Å². The van der Waals surface area contributed by atoms with Gasteiger partial charge >= 0.3 is 5.97 Å². The van der Waals surface area contributed by atoms with E-state index in [0.29, 0.717) is 12.8 Å². The Hall–Kier alpha value is -4.51. The minimum atomic E-state index is -1.36. The largest absolute Gasteiger partial charge is 0.480 e. The lowest BCUT2D eigenvalue weighted by atomic mass is 10.0. The van der Waals surface area contributed by atoms with E-state index < -0.39 is 41.0 Å². The molecule has 0 saturated carbocycles. The summed E-state index contributed by atoms with van der Waals surface area (Å²) >= 11 is 0. The Morgan fingerprint density at radius 1 is 0.947 bits per heavy atom. The molecule has 0 radical (unpaired) electrons. The first kappa shape index (κ1) is 29.7. The zero-order chi connectivity index (χ0) is 26.9. The second kappa shape index (κ2) is 13.7. The molecule has 7 N–H and O–H groups in total. The fourth-order valence-electron chi connectivity index (χ4n) is 3.61. The van der Waals surface area contributed by atoms with Crippen LogP contribution in [0.1, 0.15) is 40.0 Å². The zero-order valence-corrected chi connectivity index (χ0v) is 21.0. The molecule has 0 unspecified atom stereocenters. The van der Waals surface area contributed by atoms with E-state index >= 15 is 0 Å². The van der Waals surface area contributed by atoms with Gasteiger partial charge in [-0.25, -0.2) is 9.18 Å². The number of Topliss-reactive ketones (excluding diaryl/α,β-unsaturated/α-hetero) is 1. The van der Waals surface area contributed by atoms with Crippen molar-refractivity contribution in [3.8, 4) is 0 Å². The number of rotatable bonds is 11. The lowest BCUT2D eigenvalue weighted by Gasteiger charge is -2.15. The smallest absolute Gasteiger partial charge is 0.326 e. The number of aliphatic imine (C=N–C) groups is 1. The van der Waals surface area contributed by atoms with Gasteiger partial charge in [0.05, 0.1) is 11.3 Å². The van der Waals surface area contributed by atoms with Crippen molar-refractivity contribution < 1.29 is 28.7 Å². The Kier molecular flexibility index (Phi) is 10.7. The van der Waals surface area contributed by atoms with Crippen LogP contribution in [0.3, 0.4) is 0 Å². The molecule has 0 saturated heterocycles. The summed E-state index contributed by atoms with van der Waals surface area (Å²) in [5.41, 5.74) is 10.2. The first-order valence-electron chi connectivity index (χ1n) is 11.4. The summed E-state index contributed by atoms with van der Waals surface area (Å²) in [6.45, 7) is 0.283. The fourth-order valence-corrected chi connectivity index (χ4v) is 3.61. The molecule has 1 atom stereocenters. The van der Waals surface area contributed by atoms with Crippen molar-refractivity contribution in [1.29, 1.82) is 0 Å². The van der Waals surface area contributed by atoms with Crippen LogP contribution in [-0.2, 0) is 9.59 Å². The third-order valence-electron chi connectivity index (χ3n) is 5.49. The number of carboxylic acids is 1. The number of carbonyl (C=O) groups excluding carboxylic acids is 3. The molecular weight excluding hydrogens is 517 g/mol. The fraction of sp³-hybridized carbons (Fsp3) is 0.192. The molecule has 0 aliphatic carbocycles. The molecular formula is C26H27ClFN5O5. The summed E-state index contributed by atoms with van der Waals surface area (Å²) < 4.78 is 14.0. The number of hydrogen-bond donors (Lipinski definition) is 5. The van der Waals surface area contributed by atoms with Crippen LogP contribution in [0.15, 0.2) is 65.7 Å². The van der Waals surface area contributed by atoms with Gasteiger partial charge in [0.25, 0.3) is 17.6 Å². The predicted octanol–water partition coefficient (Wildman–Crippen LogP) is 2.85. The highest BCUT2D eigenvalue weighted by Gasteiger charge is 2.26. The summed E-state index contributed by atoms with van der Waals surface area (Å²) in [6, 6.07) is 14.1. The van der Waals surface area contributed by atoms with E-state index in [1.165, 1.54) is 0 Å². The number of hydrogen-bond acceptors (Lipinski definition) is 5. The average Bonchev–Trinajstić information content (AvgIpc) is 2.87. The topological polar surface area (TPSA) is 177 Å². The number of carboxylic acid groups (broad SMARTS) is 1. The molecule has 0 spiro atoms. The molecule has 12 heteroatoms. The maximum absolute atomic E-state index is 14.0. The van der Waals surface area contributed by atoms with Gasteiger partial charge in [-0.3, -0.25) is 19.4 Å². The normalized spacial score (nSPS) is 11.1. The summed E-state index contributed by atoms with van der Waals surface area (Å²) in [4.78, 5) is 53.6. The summed E-state index contributed by atoms with van der Waals surface area (Å²) in [5.74, 6) is -5.26. The number of carbonyl (C=O) groups is 4. The Bertz CT molecular complexity index is 1380. The maximum atomic E-state index is 14.0. The van der Waals surface area contributed by atoms with Crippen molar-refractivity contribution in [2.75, 3.05) is 11.9 Å². The number of nitrogens with one attached hydrogen (secondary N) is 2. The highest BCUT2D eigenvalue weighted by Crippen LogP contribution is 2.21. The monoisotopic (exact) mass is 543 g/mol. The third-order valence-corrected chi connectivity index (χ3v) is 5.49. The Labute approximate surface area is 223 Å². The van der Waals surface area contributed by atoms with E-state index in [1.54, 1.807) is 18.2 Å². The SMILES string of the molecule is Cl.NC(N)=NCCCC[C@H](NC(=O)C(=O)c1cc(F)ccc1NC(=O)c1ccc2ccccc2c1)C(=O)O. The zero-order valence-electron chi connectivity index (χ0n) is 20.1. The lowest BCUT2D eigenvalue weighted by Crippen LogP contribution is -2.44. The summed E-state index contributed by atoms with van der Waals surface area (Å²) in [7, 11) is 0. The van der Waals surface area contributed by atoms with Gasteiger partial charge in [-0.15, -0.1) is 12.4 Å². The first-order valence-corrected chi connectivity index (χ1v) is 11.4. The van der Waals surface area contributed by atoms with Crippen LogP contribution < -0.4 is 22.1 Å².